The Kier molecular flexibility index (Phi) is 9.08. The largest absolute Gasteiger partial charge is 0.494 e. The number of sulfonamides is 1. The SMILES string of the molecule is COc1cc(N2CCC(N3CCOCC3)CC2)ccc1Nc1nc2c(c(Nc3ccccc3S(=O)(=O)NC(C)C)n1)CCN2. The van der Waals surface area contributed by atoms with Gasteiger partial charge in [-0.3, -0.25) is 4.90 Å². The molecule has 12 nitrogen and oxygen atoms in total. The van der Waals surface area contributed by atoms with Crippen LogP contribution in [0.5, 0.6) is 5.75 Å². The molecular formula is C31H42N8O4S. The van der Waals surface area contributed by atoms with Gasteiger partial charge in [0.15, 0.2) is 0 Å². The van der Waals surface area contributed by atoms with Gasteiger partial charge in [0.1, 0.15) is 22.3 Å². The maximum absolute atomic E-state index is 13.1. The molecule has 0 spiro atoms. The molecule has 0 saturated carbocycles. The molecule has 0 amide bonds. The lowest BCUT2D eigenvalue weighted by Crippen LogP contribution is -2.49. The first kappa shape index (κ1) is 30.4. The van der Waals surface area contributed by atoms with Gasteiger partial charge in [0.2, 0.25) is 16.0 Å². The minimum absolute atomic E-state index is 0.160. The zero-order valence-electron chi connectivity index (χ0n) is 25.6. The summed E-state index contributed by atoms with van der Waals surface area (Å²) in [6.07, 6.45) is 2.98. The molecule has 3 aliphatic rings. The summed E-state index contributed by atoms with van der Waals surface area (Å²) in [6.45, 7) is 10.0. The van der Waals surface area contributed by atoms with Crippen LogP contribution in [0.15, 0.2) is 47.4 Å². The van der Waals surface area contributed by atoms with E-state index >= 15 is 0 Å². The molecule has 0 radical (unpaired) electrons. The number of piperidine rings is 1. The van der Waals surface area contributed by atoms with Crippen LogP contribution >= 0.6 is 0 Å². The van der Waals surface area contributed by atoms with Crippen molar-refractivity contribution < 1.29 is 17.9 Å². The van der Waals surface area contributed by atoms with Gasteiger partial charge in [0, 0.05) is 62.1 Å². The number of morpholine rings is 1. The molecule has 6 rings (SSSR count). The molecule has 0 unspecified atom stereocenters. The van der Waals surface area contributed by atoms with Gasteiger partial charge in [0.05, 0.1) is 31.7 Å². The number of fused-ring (bicyclic) bond motifs is 1. The number of para-hydroxylation sites is 1. The number of rotatable bonds is 10. The fraction of sp³-hybridized carbons (Fsp3) is 0.484. The van der Waals surface area contributed by atoms with Crippen molar-refractivity contribution >= 4 is 44.7 Å². The third-order valence-electron chi connectivity index (χ3n) is 8.32. The average Bonchev–Trinajstić information content (AvgIpc) is 3.51. The summed E-state index contributed by atoms with van der Waals surface area (Å²) in [6, 6.07) is 13.4. The summed E-state index contributed by atoms with van der Waals surface area (Å²) in [5, 5.41) is 9.94. The first-order valence-corrected chi connectivity index (χ1v) is 16.8. The van der Waals surface area contributed by atoms with E-state index in [0.29, 0.717) is 35.1 Å². The maximum Gasteiger partial charge on any atom is 0.242 e. The van der Waals surface area contributed by atoms with E-state index in [1.807, 2.05) is 6.07 Å². The highest BCUT2D eigenvalue weighted by molar-refractivity contribution is 7.89. The van der Waals surface area contributed by atoms with Gasteiger partial charge < -0.3 is 30.3 Å². The Morgan fingerprint density at radius 1 is 1.00 bits per heavy atom. The molecule has 4 heterocycles. The highest BCUT2D eigenvalue weighted by Crippen LogP contribution is 2.36. The predicted molar refractivity (Wildman–Crippen MR) is 173 cm³/mol. The summed E-state index contributed by atoms with van der Waals surface area (Å²) in [4.78, 5) is 14.7. The van der Waals surface area contributed by atoms with Crippen LogP contribution in [0.4, 0.5) is 34.6 Å². The summed E-state index contributed by atoms with van der Waals surface area (Å²) in [5.41, 5.74) is 3.22. The second kappa shape index (κ2) is 13.1. The summed E-state index contributed by atoms with van der Waals surface area (Å²) in [7, 11) is -2.07. The standard InChI is InChI=1S/C31H42N8O4S/c1-21(2)37-44(40,41)28-7-5-4-6-26(28)33-30-24-10-13-32-29(24)35-31(36-30)34-25-9-8-23(20-27(25)42-3)38-14-11-22(12-15-38)39-16-18-43-19-17-39/h4-9,20-22,37H,10-19H2,1-3H3,(H3,32,33,34,35,36). The predicted octanol–water partition coefficient (Wildman–Crippen LogP) is 3.93. The molecule has 13 heteroatoms. The lowest BCUT2D eigenvalue weighted by Gasteiger charge is -2.40. The van der Waals surface area contributed by atoms with Gasteiger partial charge >= 0.3 is 0 Å². The number of nitrogens with one attached hydrogen (secondary N) is 4. The number of aromatic nitrogens is 2. The van der Waals surface area contributed by atoms with Gasteiger partial charge in [-0.15, -0.1) is 0 Å². The Labute approximate surface area is 259 Å². The Morgan fingerprint density at radius 2 is 1.77 bits per heavy atom. The van der Waals surface area contributed by atoms with E-state index in [0.717, 1.165) is 82.1 Å². The highest BCUT2D eigenvalue weighted by atomic mass is 32.2. The zero-order valence-corrected chi connectivity index (χ0v) is 26.4. The van der Waals surface area contributed by atoms with Gasteiger partial charge in [-0.25, -0.2) is 13.1 Å². The third-order valence-corrected chi connectivity index (χ3v) is 10.0. The van der Waals surface area contributed by atoms with Crippen molar-refractivity contribution in [1.29, 1.82) is 0 Å². The highest BCUT2D eigenvalue weighted by Gasteiger charge is 2.27. The number of hydrogen-bond donors (Lipinski definition) is 4. The molecule has 0 aliphatic carbocycles. The molecule has 0 atom stereocenters. The summed E-state index contributed by atoms with van der Waals surface area (Å²) >= 11 is 0. The van der Waals surface area contributed by atoms with Gasteiger partial charge in [-0.2, -0.15) is 9.97 Å². The first-order chi connectivity index (χ1) is 21.3. The Morgan fingerprint density at radius 3 is 2.52 bits per heavy atom. The zero-order chi connectivity index (χ0) is 30.7. The molecule has 44 heavy (non-hydrogen) atoms. The van der Waals surface area contributed by atoms with E-state index in [1.54, 1.807) is 45.2 Å². The fourth-order valence-corrected chi connectivity index (χ4v) is 7.58. The van der Waals surface area contributed by atoms with Crippen molar-refractivity contribution in [3.05, 3.63) is 48.0 Å². The van der Waals surface area contributed by atoms with Crippen molar-refractivity contribution in [3.63, 3.8) is 0 Å². The molecule has 236 valence electrons. The van der Waals surface area contributed by atoms with E-state index in [1.165, 1.54) is 0 Å². The minimum Gasteiger partial charge on any atom is -0.494 e. The molecular weight excluding hydrogens is 580 g/mol. The van der Waals surface area contributed by atoms with Crippen LogP contribution in [0.25, 0.3) is 0 Å². The van der Waals surface area contributed by atoms with Crippen LogP contribution in [0, 0.1) is 0 Å². The Bertz CT molecular complexity index is 1570. The fourth-order valence-electron chi connectivity index (χ4n) is 6.17. The van der Waals surface area contributed by atoms with Crippen molar-refractivity contribution in [2.24, 2.45) is 0 Å². The molecule has 3 aliphatic heterocycles. The van der Waals surface area contributed by atoms with Crippen molar-refractivity contribution in [3.8, 4) is 5.75 Å². The van der Waals surface area contributed by atoms with Crippen molar-refractivity contribution in [2.45, 2.75) is 50.1 Å². The van der Waals surface area contributed by atoms with E-state index < -0.39 is 10.0 Å². The van der Waals surface area contributed by atoms with E-state index in [4.69, 9.17) is 19.4 Å². The van der Waals surface area contributed by atoms with Crippen LogP contribution in [-0.4, -0.2) is 88.4 Å². The third kappa shape index (κ3) is 6.70. The normalized spacial score (nSPS) is 17.8. The Hall–Kier alpha value is -3.65. The number of hydrogen-bond acceptors (Lipinski definition) is 11. The van der Waals surface area contributed by atoms with Crippen LogP contribution in [-0.2, 0) is 21.2 Å². The quantitative estimate of drug-likeness (QED) is 0.262. The molecule has 2 fully saturated rings. The van der Waals surface area contributed by atoms with Crippen molar-refractivity contribution in [2.75, 3.05) is 73.9 Å². The average molecular weight is 623 g/mol. The number of methoxy groups -OCH3 is 1. The molecule has 0 bridgehead atoms. The van der Waals surface area contributed by atoms with Crippen LogP contribution in [0.1, 0.15) is 32.3 Å². The molecule has 2 aromatic carbocycles. The van der Waals surface area contributed by atoms with E-state index in [-0.39, 0.29) is 10.9 Å². The molecule has 2 saturated heterocycles. The van der Waals surface area contributed by atoms with E-state index in [9.17, 15) is 8.42 Å². The monoisotopic (exact) mass is 622 g/mol. The molecule has 1 aromatic heterocycles. The van der Waals surface area contributed by atoms with Crippen molar-refractivity contribution in [1.82, 2.24) is 19.6 Å². The number of anilines is 6. The summed E-state index contributed by atoms with van der Waals surface area (Å²) < 4.78 is 40.1. The first-order valence-electron chi connectivity index (χ1n) is 15.4. The molecule has 3 aromatic rings. The van der Waals surface area contributed by atoms with Gasteiger partial charge in [-0.05, 0) is 57.4 Å². The van der Waals surface area contributed by atoms with Crippen LogP contribution in [0.3, 0.4) is 0 Å². The number of nitrogens with zero attached hydrogens (tertiary/aromatic N) is 4. The number of ether oxygens (including phenoxy) is 2. The van der Waals surface area contributed by atoms with Crippen LogP contribution in [0.2, 0.25) is 0 Å². The second-order valence-electron chi connectivity index (χ2n) is 11.7. The van der Waals surface area contributed by atoms with Crippen LogP contribution < -0.4 is 30.3 Å². The lowest BCUT2D eigenvalue weighted by atomic mass is 10.0. The number of benzene rings is 2. The smallest absolute Gasteiger partial charge is 0.242 e. The minimum atomic E-state index is -3.73. The van der Waals surface area contributed by atoms with E-state index in [2.05, 4.69) is 42.6 Å². The lowest BCUT2D eigenvalue weighted by molar-refractivity contribution is 0.0115. The topological polar surface area (TPSA) is 133 Å². The summed E-state index contributed by atoms with van der Waals surface area (Å²) in [5.74, 6) is 2.33. The Balaban J connectivity index is 1.20. The molecule has 4 N–H and O–H groups in total. The maximum atomic E-state index is 13.1. The van der Waals surface area contributed by atoms with Gasteiger partial charge in [-0.1, -0.05) is 12.1 Å². The second-order valence-corrected chi connectivity index (χ2v) is 13.4. The van der Waals surface area contributed by atoms with Gasteiger partial charge in [0.25, 0.3) is 0 Å².